The molecule has 5 rings (SSSR count). The average molecular weight is 400 g/mol. The van der Waals surface area contributed by atoms with Crippen LogP contribution in [0, 0.1) is 22.7 Å². The first kappa shape index (κ1) is 17.8. The number of nitriles is 2. The fourth-order valence-corrected chi connectivity index (χ4v) is 4.52. The first-order valence-corrected chi connectivity index (χ1v) is 9.60. The summed E-state index contributed by atoms with van der Waals surface area (Å²) in [6, 6.07) is 18.6. The molecule has 0 unspecified atom stereocenters. The first-order valence-electron chi connectivity index (χ1n) is 7.97. The summed E-state index contributed by atoms with van der Waals surface area (Å²) in [7, 11) is 0. The minimum Gasteiger partial charge on any atom is -0.284 e. The SMILES string of the molecule is N#Cc1nc2sc3ccccc3c2nc1C#N.O=C1Sc2ccccc2C1=O. The fraction of sp³-hybridized carbons (Fsp3) is 0. The third kappa shape index (κ3) is 3.01. The molecular weight excluding hydrogens is 392 g/mol. The normalized spacial score (nSPS) is 12.2. The number of carbonyl (C=O) groups is 2. The van der Waals surface area contributed by atoms with Gasteiger partial charge in [0.05, 0.1) is 0 Å². The summed E-state index contributed by atoms with van der Waals surface area (Å²) in [5.41, 5.74) is 1.42. The minimum atomic E-state index is -0.370. The fourth-order valence-electron chi connectivity index (χ4n) is 2.68. The van der Waals surface area contributed by atoms with Crippen LogP contribution < -0.4 is 0 Å². The molecule has 2 aromatic heterocycles. The molecule has 3 heterocycles. The Balaban J connectivity index is 0.000000151. The molecule has 1 aliphatic rings. The highest BCUT2D eigenvalue weighted by Crippen LogP contribution is 2.32. The van der Waals surface area contributed by atoms with Gasteiger partial charge < -0.3 is 0 Å². The van der Waals surface area contributed by atoms with E-state index in [0.29, 0.717) is 15.9 Å². The molecule has 0 amide bonds. The minimum absolute atomic E-state index is 0.0866. The summed E-state index contributed by atoms with van der Waals surface area (Å²) in [5, 5.41) is 18.4. The number of Topliss-reactive ketones (excluding diaryl/α,β-unsaturated/α-hetero) is 1. The van der Waals surface area contributed by atoms with Crippen molar-refractivity contribution in [3.05, 3.63) is 65.5 Å². The Hall–Kier alpha value is -3.59. The van der Waals surface area contributed by atoms with Crippen molar-refractivity contribution in [1.29, 1.82) is 10.5 Å². The maximum absolute atomic E-state index is 11.0. The number of fused-ring (bicyclic) bond motifs is 4. The Bertz CT molecular complexity index is 1360. The first-order chi connectivity index (χ1) is 13.6. The van der Waals surface area contributed by atoms with Crippen molar-refractivity contribution in [3.8, 4) is 12.1 Å². The lowest BCUT2D eigenvalue weighted by atomic mass is 10.1. The second-order valence-electron chi connectivity index (χ2n) is 5.61. The Kier molecular flexibility index (Phi) is 4.58. The quantitative estimate of drug-likeness (QED) is 0.409. The van der Waals surface area contributed by atoms with Gasteiger partial charge in [-0.2, -0.15) is 10.5 Å². The van der Waals surface area contributed by atoms with E-state index >= 15 is 0 Å². The van der Waals surface area contributed by atoms with E-state index in [2.05, 4.69) is 9.97 Å². The van der Waals surface area contributed by atoms with E-state index in [1.165, 1.54) is 11.3 Å². The molecule has 8 heteroatoms. The van der Waals surface area contributed by atoms with Gasteiger partial charge in [0.2, 0.25) is 5.78 Å². The smallest absolute Gasteiger partial charge is 0.264 e. The zero-order valence-electron chi connectivity index (χ0n) is 14.0. The molecule has 1 aliphatic heterocycles. The number of hydrogen-bond donors (Lipinski definition) is 0. The summed E-state index contributed by atoms with van der Waals surface area (Å²) in [5.74, 6) is -0.370. The van der Waals surface area contributed by atoms with Crippen LogP contribution in [0.15, 0.2) is 53.4 Å². The molecule has 0 spiro atoms. The van der Waals surface area contributed by atoms with Gasteiger partial charge in [-0.1, -0.05) is 30.3 Å². The van der Waals surface area contributed by atoms with Crippen molar-refractivity contribution in [2.45, 2.75) is 4.90 Å². The molecule has 4 aromatic rings. The molecule has 0 fully saturated rings. The number of nitrogens with zero attached hydrogens (tertiary/aromatic N) is 4. The van der Waals surface area contributed by atoms with Crippen molar-refractivity contribution >= 4 is 54.4 Å². The Morgan fingerprint density at radius 1 is 0.857 bits per heavy atom. The van der Waals surface area contributed by atoms with Crippen molar-refractivity contribution in [2.24, 2.45) is 0 Å². The summed E-state index contributed by atoms with van der Waals surface area (Å²) in [6.45, 7) is 0. The standard InChI is InChI=1S/C12H4N4S.C8H4O2S/c13-5-8-9(6-14)16-12-11(15-8)7-3-1-2-4-10(7)17-12;9-7-5-3-1-2-4-6(5)11-8(7)10/h1-4H;1-4H. The summed E-state index contributed by atoms with van der Waals surface area (Å²) in [4.78, 5) is 31.7. The lowest BCUT2D eigenvalue weighted by Crippen LogP contribution is -2.01. The van der Waals surface area contributed by atoms with Gasteiger partial charge in [0, 0.05) is 20.5 Å². The number of hydrogen-bond acceptors (Lipinski definition) is 8. The molecule has 0 aliphatic carbocycles. The molecule has 0 radical (unpaired) electrons. The van der Waals surface area contributed by atoms with Gasteiger partial charge in [0.15, 0.2) is 11.4 Å². The number of rotatable bonds is 0. The van der Waals surface area contributed by atoms with Gasteiger partial charge in [-0.25, -0.2) is 9.97 Å². The van der Waals surface area contributed by atoms with Crippen LogP contribution in [0.5, 0.6) is 0 Å². The van der Waals surface area contributed by atoms with Crippen molar-refractivity contribution < 1.29 is 9.59 Å². The number of ketones is 1. The largest absolute Gasteiger partial charge is 0.284 e. The average Bonchev–Trinajstić information content (AvgIpc) is 3.24. The van der Waals surface area contributed by atoms with Crippen LogP contribution >= 0.6 is 23.1 Å². The van der Waals surface area contributed by atoms with Crippen LogP contribution in [0.4, 0.5) is 0 Å². The van der Waals surface area contributed by atoms with Crippen molar-refractivity contribution in [2.75, 3.05) is 0 Å². The second-order valence-corrected chi connectivity index (χ2v) is 7.66. The van der Waals surface area contributed by atoms with Crippen LogP contribution in [-0.2, 0) is 4.79 Å². The lowest BCUT2D eigenvalue weighted by Gasteiger charge is -1.93. The number of thiophene rings is 1. The van der Waals surface area contributed by atoms with Crippen LogP contribution in [0.1, 0.15) is 21.7 Å². The van der Waals surface area contributed by atoms with Gasteiger partial charge in [0.1, 0.15) is 22.5 Å². The van der Waals surface area contributed by atoms with Crippen LogP contribution in [0.25, 0.3) is 20.4 Å². The zero-order chi connectivity index (χ0) is 19.7. The molecule has 2 aromatic carbocycles. The Labute approximate surface area is 167 Å². The molecule has 132 valence electrons. The number of carbonyl (C=O) groups excluding carboxylic acids is 2. The second kappa shape index (κ2) is 7.20. The van der Waals surface area contributed by atoms with Gasteiger partial charge >= 0.3 is 0 Å². The van der Waals surface area contributed by atoms with Gasteiger partial charge in [-0.3, -0.25) is 9.59 Å². The Morgan fingerprint density at radius 2 is 1.54 bits per heavy atom. The lowest BCUT2D eigenvalue weighted by molar-refractivity contribution is -0.107. The van der Waals surface area contributed by atoms with Crippen LogP contribution in [0.3, 0.4) is 0 Å². The predicted octanol–water partition coefficient (Wildman–Crippen LogP) is 4.09. The molecule has 0 N–H and O–H groups in total. The molecule has 6 nitrogen and oxygen atoms in total. The maximum atomic E-state index is 11.0. The Morgan fingerprint density at radius 3 is 2.29 bits per heavy atom. The molecule has 0 bridgehead atoms. The van der Waals surface area contributed by atoms with E-state index in [0.717, 1.165) is 26.7 Å². The van der Waals surface area contributed by atoms with Gasteiger partial charge in [-0.05, 0) is 30.0 Å². The van der Waals surface area contributed by atoms with Crippen LogP contribution in [0.2, 0.25) is 0 Å². The van der Waals surface area contributed by atoms with E-state index < -0.39 is 0 Å². The third-order valence-corrected chi connectivity index (χ3v) is 5.94. The van der Waals surface area contributed by atoms with Crippen molar-refractivity contribution in [1.82, 2.24) is 9.97 Å². The van der Waals surface area contributed by atoms with Crippen LogP contribution in [-0.4, -0.2) is 20.9 Å². The monoisotopic (exact) mass is 400 g/mol. The summed E-state index contributed by atoms with van der Waals surface area (Å²) in [6.07, 6.45) is 0. The molecule has 28 heavy (non-hydrogen) atoms. The highest BCUT2D eigenvalue weighted by molar-refractivity contribution is 8.16. The highest BCUT2D eigenvalue weighted by atomic mass is 32.2. The molecule has 0 atom stereocenters. The number of thioether (sulfide) groups is 1. The van der Waals surface area contributed by atoms with Gasteiger partial charge in [0.25, 0.3) is 5.12 Å². The zero-order valence-corrected chi connectivity index (χ0v) is 15.7. The van der Waals surface area contributed by atoms with E-state index in [-0.39, 0.29) is 22.3 Å². The van der Waals surface area contributed by atoms with E-state index in [1.807, 2.05) is 42.5 Å². The van der Waals surface area contributed by atoms with E-state index in [4.69, 9.17) is 10.5 Å². The van der Waals surface area contributed by atoms with E-state index in [1.54, 1.807) is 18.2 Å². The maximum Gasteiger partial charge on any atom is 0.264 e. The summed E-state index contributed by atoms with van der Waals surface area (Å²) < 4.78 is 1.06. The van der Waals surface area contributed by atoms with Gasteiger partial charge in [-0.15, -0.1) is 11.3 Å². The predicted molar refractivity (Wildman–Crippen MR) is 106 cm³/mol. The molecule has 0 saturated heterocycles. The highest BCUT2D eigenvalue weighted by Gasteiger charge is 2.28. The number of aromatic nitrogens is 2. The molecular formula is C20H8N4O2S2. The molecule has 0 saturated carbocycles. The topological polar surface area (TPSA) is 108 Å². The summed E-state index contributed by atoms with van der Waals surface area (Å²) >= 11 is 2.49. The van der Waals surface area contributed by atoms with E-state index in [9.17, 15) is 9.59 Å². The van der Waals surface area contributed by atoms with Crippen molar-refractivity contribution in [3.63, 3.8) is 0 Å². The number of benzene rings is 2. The third-order valence-electron chi connectivity index (χ3n) is 3.94.